The predicted octanol–water partition coefficient (Wildman–Crippen LogP) is 3.59. The zero-order valence-corrected chi connectivity index (χ0v) is 15.2. The number of aliphatic hydroxyl groups is 1. The van der Waals surface area contributed by atoms with Gasteiger partial charge in [0.25, 0.3) is 0 Å². The molecule has 5 nitrogen and oxygen atoms in total. The normalized spacial score (nSPS) is 14.5. The number of ketones is 1. The number of halogens is 2. The molecule has 0 fully saturated rings. The Hall–Kier alpha value is -2.15. The van der Waals surface area contributed by atoms with E-state index < -0.39 is 29.7 Å². The first-order valence-corrected chi connectivity index (χ1v) is 8.51. The van der Waals surface area contributed by atoms with E-state index in [1.54, 1.807) is 26.0 Å². The van der Waals surface area contributed by atoms with Crippen molar-refractivity contribution in [1.29, 1.82) is 5.41 Å². The van der Waals surface area contributed by atoms with Crippen molar-refractivity contribution in [3.05, 3.63) is 64.7 Å². The Bertz CT molecular complexity index is 786. The summed E-state index contributed by atoms with van der Waals surface area (Å²) in [6, 6.07) is 7.02. The average molecular weight is 379 g/mol. The van der Waals surface area contributed by atoms with Crippen molar-refractivity contribution in [3.8, 4) is 0 Å². The Balaban J connectivity index is 2.45. The summed E-state index contributed by atoms with van der Waals surface area (Å²) in [6.45, 7) is 3.58. The van der Waals surface area contributed by atoms with Gasteiger partial charge in [0.05, 0.1) is 17.7 Å². The van der Waals surface area contributed by atoms with Crippen LogP contribution in [0.15, 0.2) is 42.7 Å². The Morgan fingerprint density at radius 1 is 1.42 bits per heavy atom. The third-order valence-electron chi connectivity index (χ3n) is 4.00. The molecule has 138 valence electrons. The van der Waals surface area contributed by atoms with Crippen molar-refractivity contribution in [2.45, 2.75) is 26.1 Å². The van der Waals surface area contributed by atoms with E-state index >= 15 is 0 Å². The molecule has 0 aliphatic heterocycles. The summed E-state index contributed by atoms with van der Waals surface area (Å²) in [5, 5.41) is 19.3. The zero-order valence-electron chi connectivity index (χ0n) is 14.4. The molecule has 1 aromatic heterocycles. The van der Waals surface area contributed by atoms with Crippen LogP contribution in [0, 0.1) is 17.1 Å². The lowest BCUT2D eigenvalue weighted by atomic mass is 9.83. The van der Waals surface area contributed by atoms with Crippen LogP contribution in [-0.4, -0.2) is 34.3 Å². The molecule has 0 aliphatic rings. The number of hydrogen-bond acceptors (Lipinski definition) is 5. The minimum atomic E-state index is -1.36. The average Bonchev–Trinajstić information content (AvgIpc) is 2.62. The molecule has 0 saturated heterocycles. The summed E-state index contributed by atoms with van der Waals surface area (Å²) in [4.78, 5) is 16.8. The van der Waals surface area contributed by atoms with E-state index in [0.29, 0.717) is 12.2 Å². The van der Waals surface area contributed by atoms with Gasteiger partial charge >= 0.3 is 0 Å². The van der Waals surface area contributed by atoms with Gasteiger partial charge in [-0.3, -0.25) is 9.78 Å². The minimum absolute atomic E-state index is 0.0978. The highest BCUT2D eigenvalue weighted by Crippen LogP contribution is 2.29. The molecule has 3 atom stereocenters. The second-order valence-corrected chi connectivity index (χ2v) is 6.18. The van der Waals surface area contributed by atoms with E-state index in [2.05, 4.69) is 4.98 Å². The Kier molecular flexibility index (Phi) is 6.97. The fraction of sp³-hybridized carbons (Fsp3) is 0.316. The van der Waals surface area contributed by atoms with Crippen LogP contribution in [-0.2, 0) is 9.53 Å². The molecule has 3 unspecified atom stereocenters. The summed E-state index contributed by atoms with van der Waals surface area (Å²) >= 11 is 5.76. The number of carbonyl (C=O) groups is 1. The summed E-state index contributed by atoms with van der Waals surface area (Å²) in [5.74, 6) is -2.55. The fourth-order valence-electron chi connectivity index (χ4n) is 2.66. The number of hydrogen-bond donors (Lipinski definition) is 2. The van der Waals surface area contributed by atoms with Gasteiger partial charge in [0.15, 0.2) is 5.78 Å². The van der Waals surface area contributed by atoms with Gasteiger partial charge in [-0.05, 0) is 43.7 Å². The van der Waals surface area contributed by atoms with Crippen molar-refractivity contribution >= 4 is 23.1 Å². The summed E-state index contributed by atoms with van der Waals surface area (Å²) in [7, 11) is 0. The first-order valence-electron chi connectivity index (χ1n) is 8.14. The molecule has 26 heavy (non-hydrogen) atoms. The monoisotopic (exact) mass is 378 g/mol. The second-order valence-electron chi connectivity index (χ2n) is 5.75. The van der Waals surface area contributed by atoms with Gasteiger partial charge in [0.2, 0.25) is 0 Å². The molecule has 1 aromatic carbocycles. The van der Waals surface area contributed by atoms with E-state index in [1.165, 1.54) is 24.5 Å². The largest absolute Gasteiger partial charge is 0.387 e. The molecule has 0 bridgehead atoms. The summed E-state index contributed by atoms with van der Waals surface area (Å²) < 4.78 is 19.6. The maximum Gasteiger partial charge on any atom is 0.173 e. The smallest absolute Gasteiger partial charge is 0.173 e. The van der Waals surface area contributed by atoms with Crippen LogP contribution in [0.25, 0.3) is 0 Å². The first kappa shape index (κ1) is 20.2. The molecule has 2 rings (SSSR count). The Labute approximate surface area is 156 Å². The number of Topliss-reactive ketones (excluding diaryl/α,β-unsaturated/α-hetero) is 1. The fourth-order valence-corrected chi connectivity index (χ4v) is 2.82. The van der Waals surface area contributed by atoms with Gasteiger partial charge in [0.1, 0.15) is 11.9 Å². The Morgan fingerprint density at radius 3 is 2.73 bits per heavy atom. The topological polar surface area (TPSA) is 83.3 Å². The van der Waals surface area contributed by atoms with Crippen LogP contribution in [0.1, 0.15) is 31.1 Å². The number of ether oxygens (including phenoxy) is 1. The molecule has 0 amide bonds. The summed E-state index contributed by atoms with van der Waals surface area (Å²) in [5.41, 5.74) is -0.0832. The molecular formula is C19H20ClFN2O3. The van der Waals surface area contributed by atoms with Gasteiger partial charge in [0, 0.05) is 29.6 Å². The number of aliphatic hydroxyl groups excluding tert-OH is 1. The number of pyridine rings is 1. The molecule has 0 aliphatic carbocycles. The number of rotatable bonds is 8. The molecule has 2 N–H and O–H groups in total. The van der Waals surface area contributed by atoms with Crippen LogP contribution in [0.5, 0.6) is 0 Å². The Morgan fingerprint density at radius 2 is 2.15 bits per heavy atom. The molecule has 0 spiro atoms. The van der Waals surface area contributed by atoms with Gasteiger partial charge in [-0.25, -0.2) is 4.39 Å². The van der Waals surface area contributed by atoms with E-state index in [-0.39, 0.29) is 16.3 Å². The minimum Gasteiger partial charge on any atom is -0.387 e. The van der Waals surface area contributed by atoms with E-state index in [1.807, 2.05) is 0 Å². The van der Waals surface area contributed by atoms with Crippen molar-refractivity contribution in [2.75, 3.05) is 6.61 Å². The van der Waals surface area contributed by atoms with Crippen LogP contribution >= 0.6 is 11.6 Å². The van der Waals surface area contributed by atoms with E-state index in [4.69, 9.17) is 21.7 Å². The maximum atomic E-state index is 14.3. The zero-order chi connectivity index (χ0) is 19.3. The number of aromatic nitrogens is 1. The van der Waals surface area contributed by atoms with Crippen LogP contribution in [0.4, 0.5) is 4.39 Å². The van der Waals surface area contributed by atoms with Crippen molar-refractivity contribution in [2.24, 2.45) is 5.92 Å². The number of nitrogens with one attached hydrogen (secondary N) is 1. The highest BCUT2D eigenvalue weighted by Gasteiger charge is 2.36. The standard InChI is InChI=1S/C19H20ClFN2O3/c1-3-26-11(2)18(24)16(19(25)12-5-4-8-23-10-12)17(22)14-7-6-13(20)9-15(14)21/h4-11,16,19,22,25H,3H2,1-2H3. The third-order valence-corrected chi connectivity index (χ3v) is 4.23. The van der Waals surface area contributed by atoms with Gasteiger partial charge in [-0.1, -0.05) is 17.7 Å². The van der Waals surface area contributed by atoms with Crippen molar-refractivity contribution < 1.29 is 19.0 Å². The quantitative estimate of drug-likeness (QED) is 0.687. The first-order chi connectivity index (χ1) is 12.4. The molecule has 7 heteroatoms. The molecular weight excluding hydrogens is 359 g/mol. The maximum absolute atomic E-state index is 14.3. The SMILES string of the molecule is CCOC(C)C(=O)C(C(=N)c1ccc(Cl)cc1F)C(O)c1cccnc1. The molecule has 2 aromatic rings. The molecule has 0 radical (unpaired) electrons. The van der Waals surface area contributed by atoms with E-state index in [0.717, 1.165) is 6.07 Å². The lowest BCUT2D eigenvalue weighted by Crippen LogP contribution is -2.38. The highest BCUT2D eigenvalue weighted by molar-refractivity contribution is 6.30. The second kappa shape index (κ2) is 8.98. The lowest BCUT2D eigenvalue weighted by Gasteiger charge is -2.26. The molecule has 0 saturated carbocycles. The number of nitrogens with zero attached hydrogens (tertiary/aromatic N) is 1. The van der Waals surface area contributed by atoms with Gasteiger partial charge in [-0.15, -0.1) is 0 Å². The van der Waals surface area contributed by atoms with Gasteiger partial charge in [-0.2, -0.15) is 0 Å². The third kappa shape index (κ3) is 4.52. The van der Waals surface area contributed by atoms with Crippen molar-refractivity contribution in [1.82, 2.24) is 4.98 Å². The van der Waals surface area contributed by atoms with E-state index in [9.17, 15) is 14.3 Å². The lowest BCUT2D eigenvalue weighted by molar-refractivity contribution is -0.134. The summed E-state index contributed by atoms with van der Waals surface area (Å²) in [6.07, 6.45) is 0.718. The number of carbonyl (C=O) groups excluding carboxylic acids is 1. The highest BCUT2D eigenvalue weighted by atomic mass is 35.5. The predicted molar refractivity (Wildman–Crippen MR) is 97.0 cm³/mol. The van der Waals surface area contributed by atoms with Crippen LogP contribution in [0.3, 0.4) is 0 Å². The van der Waals surface area contributed by atoms with Crippen LogP contribution < -0.4 is 0 Å². The van der Waals surface area contributed by atoms with Gasteiger partial charge < -0.3 is 15.3 Å². The number of benzene rings is 1. The van der Waals surface area contributed by atoms with Crippen molar-refractivity contribution in [3.63, 3.8) is 0 Å². The van der Waals surface area contributed by atoms with Crippen LogP contribution in [0.2, 0.25) is 5.02 Å². The molecule has 1 heterocycles.